The quantitative estimate of drug-likeness (QED) is 0.705. The molecule has 7 nitrogen and oxygen atoms in total. The van der Waals surface area contributed by atoms with Crippen molar-refractivity contribution < 1.29 is 28.5 Å². The Kier molecular flexibility index (Phi) is 6.34. The molecule has 0 aliphatic carbocycles. The van der Waals surface area contributed by atoms with Gasteiger partial charge >= 0.3 is 5.97 Å². The van der Waals surface area contributed by atoms with Crippen LogP contribution in [0.5, 0.6) is 5.75 Å². The maximum Gasteiger partial charge on any atom is 0.310 e. The van der Waals surface area contributed by atoms with Gasteiger partial charge in [0.15, 0.2) is 12.4 Å². The van der Waals surface area contributed by atoms with E-state index in [2.05, 4.69) is 0 Å². The summed E-state index contributed by atoms with van der Waals surface area (Å²) in [7, 11) is 0. The summed E-state index contributed by atoms with van der Waals surface area (Å²) >= 11 is 0. The van der Waals surface area contributed by atoms with Crippen molar-refractivity contribution >= 4 is 11.9 Å². The number of hydrogen-bond acceptors (Lipinski definition) is 6. The van der Waals surface area contributed by atoms with Crippen LogP contribution in [0.25, 0.3) is 0 Å². The number of hydrogen-bond donors (Lipinski definition) is 0. The van der Waals surface area contributed by atoms with Crippen LogP contribution in [0.3, 0.4) is 0 Å². The molecule has 1 amide bonds. The first-order valence-electron chi connectivity index (χ1n) is 9.43. The number of ether oxygens (including phenoxy) is 4. The number of carbonyl (C=O) groups is 2. The zero-order valence-electron chi connectivity index (χ0n) is 15.9. The Hall–Kier alpha value is -2.12. The molecule has 7 heteroatoms. The lowest BCUT2D eigenvalue weighted by Gasteiger charge is -2.37. The number of rotatable bonds is 6. The number of esters is 1. The molecular formula is C20H27NO6. The highest BCUT2D eigenvalue weighted by Gasteiger charge is 2.40. The van der Waals surface area contributed by atoms with Gasteiger partial charge in [-0.3, -0.25) is 9.59 Å². The SMILES string of the molecule is CC(C)Oc1cccc(CC(=O)OCC(=O)N2CCC3(CC2)OCCO3)c1. The average molecular weight is 377 g/mol. The van der Waals surface area contributed by atoms with Crippen molar-refractivity contribution in [1.29, 1.82) is 0 Å². The lowest BCUT2D eigenvalue weighted by molar-refractivity contribution is -0.188. The third-order valence-corrected chi connectivity index (χ3v) is 4.67. The molecule has 2 saturated heterocycles. The van der Waals surface area contributed by atoms with Crippen molar-refractivity contribution in [1.82, 2.24) is 4.90 Å². The van der Waals surface area contributed by atoms with Gasteiger partial charge in [-0.2, -0.15) is 0 Å². The Morgan fingerprint density at radius 3 is 2.56 bits per heavy atom. The van der Waals surface area contributed by atoms with E-state index in [-0.39, 0.29) is 25.0 Å². The van der Waals surface area contributed by atoms with Crippen molar-refractivity contribution in [3.05, 3.63) is 29.8 Å². The van der Waals surface area contributed by atoms with Crippen molar-refractivity contribution in [2.45, 2.75) is 45.0 Å². The highest BCUT2D eigenvalue weighted by molar-refractivity contribution is 5.81. The van der Waals surface area contributed by atoms with Crippen LogP contribution >= 0.6 is 0 Å². The van der Waals surface area contributed by atoms with Crippen molar-refractivity contribution in [2.75, 3.05) is 32.9 Å². The van der Waals surface area contributed by atoms with E-state index in [0.717, 1.165) is 5.56 Å². The molecule has 0 aromatic heterocycles. The minimum atomic E-state index is -0.517. The molecule has 1 aromatic carbocycles. The van der Waals surface area contributed by atoms with Crippen LogP contribution < -0.4 is 4.74 Å². The lowest BCUT2D eigenvalue weighted by atomic mass is 10.0. The molecule has 1 spiro atoms. The van der Waals surface area contributed by atoms with E-state index in [9.17, 15) is 9.59 Å². The molecule has 2 fully saturated rings. The van der Waals surface area contributed by atoms with E-state index in [1.807, 2.05) is 38.1 Å². The largest absolute Gasteiger partial charge is 0.491 e. The molecule has 27 heavy (non-hydrogen) atoms. The van der Waals surface area contributed by atoms with E-state index in [1.165, 1.54) is 0 Å². The first-order valence-corrected chi connectivity index (χ1v) is 9.43. The molecule has 2 aliphatic rings. The lowest BCUT2D eigenvalue weighted by Crippen LogP contribution is -2.48. The number of likely N-dealkylation sites (tertiary alicyclic amines) is 1. The summed E-state index contributed by atoms with van der Waals surface area (Å²) in [6.45, 7) is 5.95. The van der Waals surface area contributed by atoms with Crippen LogP contribution in [-0.2, 0) is 30.2 Å². The second kappa shape index (κ2) is 8.71. The van der Waals surface area contributed by atoms with E-state index in [1.54, 1.807) is 4.90 Å². The molecule has 2 heterocycles. The van der Waals surface area contributed by atoms with Crippen LogP contribution in [0.4, 0.5) is 0 Å². The summed E-state index contributed by atoms with van der Waals surface area (Å²) in [5.41, 5.74) is 0.793. The molecule has 0 unspecified atom stereocenters. The molecular weight excluding hydrogens is 350 g/mol. The van der Waals surface area contributed by atoms with Crippen LogP contribution in [-0.4, -0.2) is 61.6 Å². The van der Waals surface area contributed by atoms with Crippen LogP contribution in [0.2, 0.25) is 0 Å². The normalized spacial score (nSPS) is 18.7. The van der Waals surface area contributed by atoms with Crippen molar-refractivity contribution in [2.24, 2.45) is 0 Å². The fraction of sp³-hybridized carbons (Fsp3) is 0.600. The van der Waals surface area contributed by atoms with E-state index >= 15 is 0 Å². The van der Waals surface area contributed by atoms with Crippen LogP contribution in [0, 0.1) is 0 Å². The first-order chi connectivity index (χ1) is 13.0. The van der Waals surface area contributed by atoms with Gasteiger partial charge in [0.1, 0.15) is 5.75 Å². The smallest absolute Gasteiger partial charge is 0.310 e. The minimum absolute atomic E-state index is 0.0635. The standard InChI is InChI=1S/C20H27NO6/c1-15(2)27-17-5-3-4-16(12-17)13-19(23)24-14-18(22)21-8-6-20(7-9-21)25-10-11-26-20/h3-5,12,15H,6-11,13-14H2,1-2H3. The summed E-state index contributed by atoms with van der Waals surface area (Å²) in [6, 6.07) is 7.33. The predicted molar refractivity (Wildman–Crippen MR) is 97.3 cm³/mol. The minimum Gasteiger partial charge on any atom is -0.491 e. The van der Waals surface area contributed by atoms with Crippen molar-refractivity contribution in [3.63, 3.8) is 0 Å². The van der Waals surface area contributed by atoms with Crippen LogP contribution in [0.15, 0.2) is 24.3 Å². The fourth-order valence-corrected chi connectivity index (χ4v) is 3.33. The third kappa shape index (κ3) is 5.43. The Labute approximate surface area is 159 Å². The number of benzene rings is 1. The average Bonchev–Trinajstić information content (AvgIpc) is 3.08. The van der Waals surface area contributed by atoms with E-state index < -0.39 is 11.8 Å². The monoisotopic (exact) mass is 377 g/mol. The van der Waals surface area contributed by atoms with Gasteiger partial charge in [-0.05, 0) is 31.5 Å². The molecule has 0 radical (unpaired) electrons. The van der Waals surface area contributed by atoms with Crippen molar-refractivity contribution in [3.8, 4) is 5.75 Å². The van der Waals surface area contributed by atoms with Gasteiger partial charge in [-0.15, -0.1) is 0 Å². The molecule has 0 saturated carbocycles. The molecule has 0 N–H and O–H groups in total. The maximum absolute atomic E-state index is 12.3. The number of nitrogens with zero attached hydrogens (tertiary/aromatic N) is 1. The molecule has 2 aliphatic heterocycles. The summed E-state index contributed by atoms with van der Waals surface area (Å²) < 4.78 is 22.1. The maximum atomic E-state index is 12.3. The van der Waals surface area contributed by atoms with Gasteiger partial charge in [0.25, 0.3) is 5.91 Å². The highest BCUT2D eigenvalue weighted by Crippen LogP contribution is 2.31. The summed E-state index contributed by atoms with van der Waals surface area (Å²) in [4.78, 5) is 26.0. The summed E-state index contributed by atoms with van der Waals surface area (Å²) in [5.74, 6) is -0.421. The third-order valence-electron chi connectivity index (χ3n) is 4.67. The second-order valence-corrected chi connectivity index (χ2v) is 7.14. The Bertz CT molecular complexity index is 658. The second-order valence-electron chi connectivity index (χ2n) is 7.14. The molecule has 0 bridgehead atoms. The highest BCUT2D eigenvalue weighted by atomic mass is 16.7. The van der Waals surface area contributed by atoms with Gasteiger partial charge in [-0.25, -0.2) is 0 Å². The fourth-order valence-electron chi connectivity index (χ4n) is 3.33. The van der Waals surface area contributed by atoms with E-state index in [4.69, 9.17) is 18.9 Å². The van der Waals surface area contributed by atoms with Gasteiger partial charge in [0.2, 0.25) is 0 Å². The topological polar surface area (TPSA) is 74.3 Å². The number of carbonyl (C=O) groups excluding carboxylic acids is 2. The van der Waals surface area contributed by atoms with Gasteiger partial charge in [0.05, 0.1) is 25.7 Å². The zero-order valence-corrected chi connectivity index (χ0v) is 15.9. The molecule has 1 aromatic rings. The number of piperidine rings is 1. The summed E-state index contributed by atoms with van der Waals surface area (Å²) in [6.07, 6.45) is 1.46. The number of amides is 1. The van der Waals surface area contributed by atoms with E-state index in [0.29, 0.717) is 44.9 Å². The molecule has 148 valence electrons. The van der Waals surface area contributed by atoms with Gasteiger partial charge in [-0.1, -0.05) is 12.1 Å². The first kappa shape index (κ1) is 19.6. The Morgan fingerprint density at radius 2 is 1.89 bits per heavy atom. The van der Waals surface area contributed by atoms with Gasteiger partial charge in [0, 0.05) is 25.9 Å². The zero-order chi connectivity index (χ0) is 19.3. The Balaban J connectivity index is 1.42. The molecule has 0 atom stereocenters. The summed E-state index contributed by atoms with van der Waals surface area (Å²) in [5, 5.41) is 0. The predicted octanol–water partition coefficient (Wildman–Crippen LogP) is 1.92. The van der Waals surface area contributed by atoms with Crippen LogP contribution in [0.1, 0.15) is 32.3 Å². The Morgan fingerprint density at radius 1 is 1.19 bits per heavy atom. The van der Waals surface area contributed by atoms with Gasteiger partial charge < -0.3 is 23.8 Å². The molecule has 3 rings (SSSR count).